The predicted molar refractivity (Wildman–Crippen MR) is 123 cm³/mol. The van der Waals surface area contributed by atoms with Gasteiger partial charge in [0, 0.05) is 17.3 Å². The van der Waals surface area contributed by atoms with Gasteiger partial charge in [0.2, 0.25) is 0 Å². The molecule has 5 nitrogen and oxygen atoms in total. The largest absolute Gasteiger partial charge is 0.477 e. The van der Waals surface area contributed by atoms with E-state index >= 15 is 0 Å². The van der Waals surface area contributed by atoms with E-state index in [1.54, 1.807) is 0 Å². The molecule has 150 valence electrons. The quantitative estimate of drug-likeness (QED) is 0.375. The van der Waals surface area contributed by atoms with Gasteiger partial charge in [-0.1, -0.05) is 78.9 Å². The van der Waals surface area contributed by atoms with E-state index in [4.69, 9.17) is 10.1 Å². The maximum Gasteiger partial charge on any atom is 0.348 e. The molecule has 0 atom stereocenters. The number of benzene rings is 3. The number of hydrogen-bond donors (Lipinski definition) is 1. The van der Waals surface area contributed by atoms with Crippen molar-refractivity contribution in [2.45, 2.75) is 0 Å². The first-order valence-electron chi connectivity index (χ1n) is 9.71. The van der Waals surface area contributed by atoms with Crippen LogP contribution in [0, 0.1) is 0 Å². The molecule has 0 unspecified atom stereocenters. The third kappa shape index (κ3) is 3.65. The van der Waals surface area contributed by atoms with Crippen LogP contribution in [0.1, 0.15) is 9.67 Å². The number of aromatic carboxylic acids is 1. The number of para-hydroxylation sites is 1. The Kier molecular flexibility index (Phi) is 4.90. The number of carboxylic acids is 1. The summed E-state index contributed by atoms with van der Waals surface area (Å²) in [7, 11) is 0. The highest BCUT2D eigenvalue weighted by Gasteiger charge is 2.23. The molecule has 5 rings (SSSR count). The molecule has 0 radical (unpaired) electrons. The Bertz CT molecular complexity index is 1340. The van der Waals surface area contributed by atoms with Gasteiger partial charge in [-0.2, -0.15) is 5.10 Å². The summed E-state index contributed by atoms with van der Waals surface area (Å²) in [6.07, 6.45) is 1.91. The molecular formula is C25H17N3O2S. The molecule has 0 amide bonds. The lowest BCUT2D eigenvalue weighted by Crippen LogP contribution is -1.95. The van der Waals surface area contributed by atoms with Crippen molar-refractivity contribution in [3.05, 3.63) is 102 Å². The molecule has 3 aromatic carbocycles. The predicted octanol–water partition coefficient (Wildman–Crippen LogP) is 6.03. The molecule has 5 aromatic rings. The Labute approximate surface area is 182 Å². The second kappa shape index (κ2) is 8.01. The van der Waals surface area contributed by atoms with E-state index in [0.29, 0.717) is 10.7 Å². The number of aromatic nitrogens is 3. The van der Waals surface area contributed by atoms with Gasteiger partial charge in [-0.05, 0) is 12.1 Å². The van der Waals surface area contributed by atoms with Crippen LogP contribution < -0.4 is 0 Å². The molecule has 0 fully saturated rings. The summed E-state index contributed by atoms with van der Waals surface area (Å²) in [5, 5.41) is 15.2. The van der Waals surface area contributed by atoms with Gasteiger partial charge < -0.3 is 5.11 Å². The highest BCUT2D eigenvalue weighted by atomic mass is 32.1. The number of hydrogen-bond acceptors (Lipinski definition) is 4. The molecular weight excluding hydrogens is 406 g/mol. The van der Waals surface area contributed by atoms with E-state index in [0.717, 1.165) is 28.1 Å². The lowest BCUT2D eigenvalue weighted by atomic mass is 10.1. The standard InChI is InChI=1S/C25H17N3O2S/c29-25(30)23-22(18-12-6-2-7-13-18)26-24(31-23)20-16-28(19-14-8-3-9-15-19)27-21(20)17-10-4-1-5-11-17/h1-16H,(H,29,30). The number of carboxylic acid groups (broad SMARTS) is 1. The molecule has 2 heterocycles. The molecule has 0 aliphatic carbocycles. The van der Waals surface area contributed by atoms with E-state index in [2.05, 4.69) is 0 Å². The first-order valence-corrected chi connectivity index (χ1v) is 10.5. The van der Waals surface area contributed by atoms with Gasteiger partial charge in [0.15, 0.2) is 0 Å². The number of rotatable bonds is 5. The molecule has 0 spiro atoms. The van der Waals surface area contributed by atoms with Crippen molar-refractivity contribution in [2.75, 3.05) is 0 Å². The van der Waals surface area contributed by atoms with Gasteiger partial charge >= 0.3 is 5.97 Å². The second-order valence-corrected chi connectivity index (χ2v) is 7.90. The van der Waals surface area contributed by atoms with Crippen LogP contribution >= 0.6 is 11.3 Å². The van der Waals surface area contributed by atoms with Gasteiger partial charge in [-0.15, -0.1) is 11.3 Å². The van der Waals surface area contributed by atoms with Crippen LogP contribution in [0.2, 0.25) is 0 Å². The molecule has 1 N–H and O–H groups in total. The summed E-state index contributed by atoms with van der Waals surface area (Å²) in [6, 6.07) is 29.1. The van der Waals surface area contributed by atoms with E-state index in [-0.39, 0.29) is 4.88 Å². The third-order valence-electron chi connectivity index (χ3n) is 4.88. The highest BCUT2D eigenvalue weighted by Crippen LogP contribution is 2.38. The van der Waals surface area contributed by atoms with Crippen LogP contribution in [0.15, 0.2) is 97.2 Å². The zero-order valence-corrected chi connectivity index (χ0v) is 17.2. The van der Waals surface area contributed by atoms with Crippen LogP contribution in [0.25, 0.3) is 38.8 Å². The molecule has 0 saturated carbocycles. The maximum absolute atomic E-state index is 12.0. The van der Waals surface area contributed by atoms with Gasteiger partial charge in [0.05, 0.1) is 16.9 Å². The van der Waals surface area contributed by atoms with Crippen molar-refractivity contribution in [2.24, 2.45) is 0 Å². The third-order valence-corrected chi connectivity index (χ3v) is 5.96. The van der Waals surface area contributed by atoms with Gasteiger partial charge in [0.1, 0.15) is 15.6 Å². The fourth-order valence-corrected chi connectivity index (χ4v) is 4.36. The van der Waals surface area contributed by atoms with Crippen LogP contribution in [-0.2, 0) is 0 Å². The summed E-state index contributed by atoms with van der Waals surface area (Å²) < 4.78 is 1.81. The Hall–Kier alpha value is -4.03. The number of thiazole rings is 1. The first kappa shape index (κ1) is 19.0. The Balaban J connectivity index is 1.71. The van der Waals surface area contributed by atoms with Gasteiger partial charge in [-0.3, -0.25) is 0 Å². The van der Waals surface area contributed by atoms with Gasteiger partial charge in [-0.25, -0.2) is 14.5 Å². The topological polar surface area (TPSA) is 68.0 Å². The van der Waals surface area contributed by atoms with E-state index < -0.39 is 5.97 Å². The summed E-state index contributed by atoms with van der Waals surface area (Å²) >= 11 is 1.17. The summed E-state index contributed by atoms with van der Waals surface area (Å²) in [5.41, 5.74) is 4.67. The minimum absolute atomic E-state index is 0.215. The fourth-order valence-electron chi connectivity index (χ4n) is 3.42. The van der Waals surface area contributed by atoms with Crippen molar-refractivity contribution in [1.82, 2.24) is 14.8 Å². The Morgan fingerprint density at radius 2 is 1.32 bits per heavy atom. The monoisotopic (exact) mass is 423 g/mol. The summed E-state index contributed by atoms with van der Waals surface area (Å²) in [6.45, 7) is 0. The highest BCUT2D eigenvalue weighted by molar-refractivity contribution is 7.17. The minimum Gasteiger partial charge on any atom is -0.477 e. The lowest BCUT2D eigenvalue weighted by molar-refractivity contribution is 0.0702. The smallest absolute Gasteiger partial charge is 0.348 e. The van der Waals surface area contributed by atoms with Crippen molar-refractivity contribution in [3.8, 4) is 38.8 Å². The van der Waals surface area contributed by atoms with Crippen LogP contribution in [0.5, 0.6) is 0 Å². The molecule has 0 saturated heterocycles. The zero-order valence-electron chi connectivity index (χ0n) is 16.3. The van der Waals surface area contributed by atoms with Crippen molar-refractivity contribution < 1.29 is 9.90 Å². The van der Waals surface area contributed by atoms with Crippen LogP contribution in [0.3, 0.4) is 0 Å². The molecule has 2 aromatic heterocycles. The van der Waals surface area contributed by atoms with Crippen molar-refractivity contribution in [3.63, 3.8) is 0 Å². The van der Waals surface area contributed by atoms with E-state index in [1.807, 2.05) is 102 Å². The van der Waals surface area contributed by atoms with Crippen LogP contribution in [-0.4, -0.2) is 25.8 Å². The SMILES string of the molecule is O=C(O)c1sc(-c2cn(-c3ccccc3)nc2-c2ccccc2)nc1-c1ccccc1. The number of carbonyl (C=O) groups is 1. The molecule has 0 aliphatic rings. The van der Waals surface area contributed by atoms with Gasteiger partial charge in [0.25, 0.3) is 0 Å². The van der Waals surface area contributed by atoms with E-state index in [9.17, 15) is 9.90 Å². The molecule has 0 bridgehead atoms. The fraction of sp³-hybridized carbons (Fsp3) is 0. The average Bonchev–Trinajstić information content (AvgIpc) is 3.46. The molecule has 0 aliphatic heterocycles. The van der Waals surface area contributed by atoms with Crippen molar-refractivity contribution in [1.29, 1.82) is 0 Å². The molecule has 6 heteroatoms. The average molecular weight is 423 g/mol. The van der Waals surface area contributed by atoms with Crippen molar-refractivity contribution >= 4 is 17.3 Å². The van der Waals surface area contributed by atoms with Crippen LogP contribution in [0.4, 0.5) is 0 Å². The lowest BCUT2D eigenvalue weighted by Gasteiger charge is -2.00. The normalized spacial score (nSPS) is 10.8. The number of nitrogens with zero attached hydrogens (tertiary/aromatic N) is 3. The summed E-state index contributed by atoms with van der Waals surface area (Å²) in [4.78, 5) is 16.9. The zero-order chi connectivity index (χ0) is 21.2. The first-order chi connectivity index (χ1) is 15.2. The molecule has 31 heavy (non-hydrogen) atoms. The Morgan fingerprint density at radius 3 is 1.90 bits per heavy atom. The second-order valence-electron chi connectivity index (χ2n) is 6.91. The maximum atomic E-state index is 12.0. The minimum atomic E-state index is -0.987. The van der Waals surface area contributed by atoms with E-state index in [1.165, 1.54) is 11.3 Å². The summed E-state index contributed by atoms with van der Waals surface area (Å²) in [5.74, 6) is -0.987. The Morgan fingerprint density at radius 1 is 0.774 bits per heavy atom.